The summed E-state index contributed by atoms with van der Waals surface area (Å²) < 4.78 is 0.631. The molecule has 0 heterocycles. The Hall–Kier alpha value is -1.31. The Labute approximate surface area is 125 Å². The highest BCUT2D eigenvalue weighted by atomic mass is 127. The van der Waals surface area contributed by atoms with Gasteiger partial charge in [-0.05, 0) is 53.1 Å². The average Bonchev–Trinajstić information content (AvgIpc) is 2.31. The Morgan fingerprint density at radius 2 is 2.00 bits per heavy atom. The number of amides is 1. The van der Waals surface area contributed by atoms with Gasteiger partial charge in [0.25, 0.3) is 5.91 Å². The molecule has 19 heavy (non-hydrogen) atoms. The first-order valence-corrected chi connectivity index (χ1v) is 6.91. The van der Waals surface area contributed by atoms with Gasteiger partial charge in [0.05, 0.1) is 3.57 Å². The van der Waals surface area contributed by atoms with Crippen LogP contribution in [0, 0.1) is 9.49 Å². The van der Waals surface area contributed by atoms with Crippen molar-refractivity contribution >= 4 is 34.5 Å². The lowest BCUT2D eigenvalue weighted by Crippen LogP contribution is -2.41. The van der Waals surface area contributed by atoms with Gasteiger partial charge < -0.3 is 15.5 Å². The number of nitrogens with one attached hydrogen (secondary N) is 1. The maximum atomic E-state index is 11.9. The predicted molar refractivity (Wildman–Crippen MR) is 79.2 cm³/mol. The second-order valence-corrected chi connectivity index (χ2v) is 5.82. The Kier molecular flexibility index (Phi) is 5.59. The van der Waals surface area contributed by atoms with E-state index in [0.29, 0.717) is 9.99 Å². The van der Waals surface area contributed by atoms with Crippen LogP contribution in [-0.2, 0) is 4.79 Å². The Morgan fingerprint density at radius 1 is 1.37 bits per heavy atom. The highest BCUT2D eigenvalue weighted by Crippen LogP contribution is 2.20. The minimum absolute atomic E-state index is 0.00369. The number of aliphatic carboxylic acids is 1. The van der Waals surface area contributed by atoms with E-state index in [0.717, 1.165) is 0 Å². The molecule has 1 atom stereocenters. The van der Waals surface area contributed by atoms with Gasteiger partial charge in [-0.2, -0.15) is 0 Å². The summed E-state index contributed by atoms with van der Waals surface area (Å²) in [6, 6.07) is 3.55. The van der Waals surface area contributed by atoms with Crippen molar-refractivity contribution in [1.29, 1.82) is 0 Å². The first-order valence-electron chi connectivity index (χ1n) is 5.83. The molecule has 0 aromatic heterocycles. The number of phenolic OH excluding ortho intramolecular Hbond substituents is 1. The standard InChI is InChI=1S/C13H16INO4/c1-7(2)5-10(13(18)19)15-12(17)8-3-4-9(14)11(16)6-8/h3-4,6-7,10,16H,5H2,1-2H3,(H,15,17)(H,18,19). The Balaban J connectivity index is 2.81. The number of hydrogen-bond acceptors (Lipinski definition) is 3. The third-order valence-electron chi connectivity index (χ3n) is 2.52. The van der Waals surface area contributed by atoms with Crippen molar-refractivity contribution in [3.05, 3.63) is 27.3 Å². The minimum Gasteiger partial charge on any atom is -0.507 e. The molecule has 1 amide bonds. The third kappa shape index (κ3) is 4.70. The molecule has 3 N–H and O–H groups in total. The summed E-state index contributed by atoms with van der Waals surface area (Å²) >= 11 is 1.94. The molecule has 1 unspecified atom stereocenters. The molecule has 1 rings (SSSR count). The van der Waals surface area contributed by atoms with Crippen LogP contribution in [0.4, 0.5) is 0 Å². The van der Waals surface area contributed by atoms with Crippen LogP contribution in [0.1, 0.15) is 30.6 Å². The molecule has 0 bridgehead atoms. The summed E-state index contributed by atoms with van der Waals surface area (Å²) in [5, 5.41) is 21.0. The lowest BCUT2D eigenvalue weighted by Gasteiger charge is -2.16. The fraction of sp³-hybridized carbons (Fsp3) is 0.385. The lowest BCUT2D eigenvalue weighted by atomic mass is 10.0. The zero-order valence-corrected chi connectivity index (χ0v) is 12.8. The molecule has 0 saturated carbocycles. The van der Waals surface area contributed by atoms with Crippen LogP contribution >= 0.6 is 22.6 Å². The zero-order valence-electron chi connectivity index (χ0n) is 10.7. The second kappa shape index (κ2) is 6.74. The molecule has 0 saturated heterocycles. The second-order valence-electron chi connectivity index (χ2n) is 4.66. The fourth-order valence-electron chi connectivity index (χ4n) is 1.59. The van der Waals surface area contributed by atoms with Crippen molar-refractivity contribution in [2.24, 2.45) is 5.92 Å². The van der Waals surface area contributed by atoms with E-state index in [1.807, 2.05) is 36.4 Å². The van der Waals surface area contributed by atoms with E-state index in [1.165, 1.54) is 6.07 Å². The van der Waals surface area contributed by atoms with Gasteiger partial charge in [0.2, 0.25) is 0 Å². The van der Waals surface area contributed by atoms with Crippen molar-refractivity contribution < 1.29 is 19.8 Å². The number of rotatable bonds is 5. The number of carbonyl (C=O) groups is 2. The van der Waals surface area contributed by atoms with Gasteiger partial charge >= 0.3 is 5.97 Å². The maximum absolute atomic E-state index is 11.9. The van der Waals surface area contributed by atoms with E-state index in [-0.39, 0.29) is 17.2 Å². The van der Waals surface area contributed by atoms with Crippen LogP contribution in [0.2, 0.25) is 0 Å². The van der Waals surface area contributed by atoms with Gasteiger partial charge in [-0.15, -0.1) is 0 Å². The summed E-state index contributed by atoms with van der Waals surface area (Å²) in [5.74, 6) is -1.40. The molecule has 0 fully saturated rings. The van der Waals surface area contributed by atoms with Gasteiger partial charge in [-0.3, -0.25) is 4.79 Å². The highest BCUT2D eigenvalue weighted by molar-refractivity contribution is 14.1. The van der Waals surface area contributed by atoms with Crippen molar-refractivity contribution in [3.8, 4) is 5.75 Å². The van der Waals surface area contributed by atoms with Crippen LogP contribution < -0.4 is 5.32 Å². The molecule has 0 aliphatic carbocycles. The van der Waals surface area contributed by atoms with E-state index in [2.05, 4.69) is 5.32 Å². The molecule has 0 radical (unpaired) electrons. The SMILES string of the molecule is CC(C)CC(NC(=O)c1ccc(I)c(O)c1)C(=O)O. The van der Waals surface area contributed by atoms with Gasteiger partial charge in [-0.25, -0.2) is 4.79 Å². The van der Waals surface area contributed by atoms with Crippen molar-refractivity contribution in [2.75, 3.05) is 0 Å². The van der Waals surface area contributed by atoms with Crippen LogP contribution in [0.5, 0.6) is 5.75 Å². The summed E-state index contributed by atoms with van der Waals surface area (Å²) in [6.07, 6.45) is 0.359. The first kappa shape index (κ1) is 15.7. The molecule has 1 aromatic rings. The van der Waals surface area contributed by atoms with Crippen LogP contribution in [0.3, 0.4) is 0 Å². The van der Waals surface area contributed by atoms with E-state index in [1.54, 1.807) is 12.1 Å². The first-order chi connectivity index (χ1) is 8.81. The number of halogens is 1. The van der Waals surface area contributed by atoms with Crippen LogP contribution in [0.25, 0.3) is 0 Å². The highest BCUT2D eigenvalue weighted by Gasteiger charge is 2.21. The smallest absolute Gasteiger partial charge is 0.326 e. The van der Waals surface area contributed by atoms with Crippen LogP contribution in [0.15, 0.2) is 18.2 Å². The van der Waals surface area contributed by atoms with Gasteiger partial charge in [0, 0.05) is 5.56 Å². The van der Waals surface area contributed by atoms with Crippen molar-refractivity contribution in [3.63, 3.8) is 0 Å². The maximum Gasteiger partial charge on any atom is 0.326 e. The molecular formula is C13H16INO4. The van der Waals surface area contributed by atoms with Crippen LogP contribution in [-0.4, -0.2) is 28.1 Å². The Bertz CT molecular complexity index is 488. The summed E-state index contributed by atoms with van der Waals surface area (Å²) in [7, 11) is 0. The number of benzene rings is 1. The number of carbonyl (C=O) groups excluding carboxylic acids is 1. The van der Waals surface area contributed by atoms with E-state index >= 15 is 0 Å². The normalized spacial score (nSPS) is 12.2. The number of carboxylic acid groups (broad SMARTS) is 1. The molecule has 0 aliphatic rings. The molecule has 0 spiro atoms. The fourth-order valence-corrected chi connectivity index (χ4v) is 1.92. The summed E-state index contributed by atoms with van der Waals surface area (Å²) in [4.78, 5) is 23.0. The molecule has 1 aromatic carbocycles. The van der Waals surface area contributed by atoms with Gasteiger partial charge in [0.15, 0.2) is 0 Å². The average molecular weight is 377 g/mol. The molecule has 6 heteroatoms. The monoisotopic (exact) mass is 377 g/mol. The minimum atomic E-state index is -1.06. The number of carboxylic acids is 1. The molecular weight excluding hydrogens is 361 g/mol. The largest absolute Gasteiger partial charge is 0.507 e. The molecule has 104 valence electrons. The van der Waals surface area contributed by atoms with Gasteiger partial charge in [0.1, 0.15) is 11.8 Å². The molecule has 0 aliphatic heterocycles. The molecule has 5 nitrogen and oxygen atoms in total. The topological polar surface area (TPSA) is 86.6 Å². The van der Waals surface area contributed by atoms with Crippen molar-refractivity contribution in [2.45, 2.75) is 26.3 Å². The predicted octanol–water partition coefficient (Wildman–Crippen LogP) is 2.23. The third-order valence-corrected chi connectivity index (χ3v) is 3.43. The quantitative estimate of drug-likeness (QED) is 0.687. The number of hydrogen-bond donors (Lipinski definition) is 3. The van der Waals surface area contributed by atoms with E-state index in [9.17, 15) is 14.7 Å². The summed E-state index contributed by atoms with van der Waals surface area (Å²) in [6.45, 7) is 3.78. The summed E-state index contributed by atoms with van der Waals surface area (Å²) in [5.41, 5.74) is 0.243. The number of phenols is 1. The lowest BCUT2D eigenvalue weighted by molar-refractivity contribution is -0.139. The zero-order chi connectivity index (χ0) is 14.6. The van der Waals surface area contributed by atoms with E-state index < -0.39 is 17.9 Å². The van der Waals surface area contributed by atoms with E-state index in [4.69, 9.17) is 5.11 Å². The number of aromatic hydroxyl groups is 1. The Morgan fingerprint density at radius 3 is 2.47 bits per heavy atom. The van der Waals surface area contributed by atoms with Crippen molar-refractivity contribution in [1.82, 2.24) is 5.32 Å². The van der Waals surface area contributed by atoms with Gasteiger partial charge in [-0.1, -0.05) is 13.8 Å².